The first-order valence-corrected chi connectivity index (χ1v) is 7.82. The first kappa shape index (κ1) is 13.5. The van der Waals surface area contributed by atoms with Gasteiger partial charge in [-0.15, -0.1) is 0 Å². The first-order valence-electron chi connectivity index (χ1n) is 6.48. The molecule has 2 aromatic carbocycles. The summed E-state index contributed by atoms with van der Waals surface area (Å²) in [5.41, 5.74) is -0.822. The SMILES string of the molecule is O=c1[nH]cc(P(c2ccccc2)c2ccccc2)c(=O)[nH]1. The minimum absolute atomic E-state index is 0.336. The van der Waals surface area contributed by atoms with Gasteiger partial charge in [0.1, 0.15) is 0 Å². The molecular weight excluding hydrogens is 283 g/mol. The lowest BCUT2D eigenvalue weighted by molar-refractivity contribution is 1.05. The van der Waals surface area contributed by atoms with E-state index in [1.165, 1.54) is 6.20 Å². The van der Waals surface area contributed by atoms with E-state index < -0.39 is 13.6 Å². The second kappa shape index (κ2) is 5.90. The molecule has 0 aliphatic heterocycles. The van der Waals surface area contributed by atoms with E-state index in [4.69, 9.17) is 0 Å². The van der Waals surface area contributed by atoms with Crippen LogP contribution in [0.3, 0.4) is 0 Å². The third-order valence-corrected chi connectivity index (χ3v) is 5.51. The van der Waals surface area contributed by atoms with Crippen LogP contribution in [0.25, 0.3) is 0 Å². The molecule has 1 aromatic heterocycles. The van der Waals surface area contributed by atoms with Gasteiger partial charge in [-0.25, -0.2) is 4.79 Å². The molecule has 2 N–H and O–H groups in total. The van der Waals surface area contributed by atoms with Crippen molar-refractivity contribution < 1.29 is 0 Å². The Bertz CT molecular complexity index is 802. The predicted molar refractivity (Wildman–Crippen MR) is 86.4 cm³/mol. The Balaban J connectivity index is 2.22. The minimum Gasteiger partial charge on any atom is -0.313 e. The molecule has 0 bridgehead atoms. The van der Waals surface area contributed by atoms with Crippen LogP contribution < -0.4 is 27.2 Å². The molecule has 104 valence electrons. The van der Waals surface area contributed by atoms with Gasteiger partial charge in [0, 0.05) is 6.20 Å². The highest BCUT2D eigenvalue weighted by molar-refractivity contribution is 7.79. The Morgan fingerprint density at radius 2 is 1.29 bits per heavy atom. The molecule has 5 heteroatoms. The smallest absolute Gasteiger partial charge is 0.313 e. The maximum absolute atomic E-state index is 12.2. The number of nitrogens with one attached hydrogen (secondary N) is 2. The molecule has 0 saturated carbocycles. The van der Waals surface area contributed by atoms with Crippen molar-refractivity contribution >= 4 is 23.8 Å². The van der Waals surface area contributed by atoms with E-state index in [-0.39, 0.29) is 5.56 Å². The average Bonchev–Trinajstić information content (AvgIpc) is 2.52. The lowest BCUT2D eigenvalue weighted by Crippen LogP contribution is -2.37. The summed E-state index contributed by atoms with van der Waals surface area (Å²) >= 11 is 0. The summed E-state index contributed by atoms with van der Waals surface area (Å²) in [5.74, 6) is 0. The largest absolute Gasteiger partial charge is 0.325 e. The molecule has 0 atom stereocenters. The number of benzene rings is 2. The molecule has 0 fully saturated rings. The summed E-state index contributed by atoms with van der Waals surface area (Å²) in [6.07, 6.45) is 1.52. The van der Waals surface area contributed by atoms with Crippen LogP contribution in [0.4, 0.5) is 0 Å². The van der Waals surface area contributed by atoms with Crippen LogP contribution in [0.1, 0.15) is 0 Å². The molecule has 0 radical (unpaired) electrons. The van der Waals surface area contributed by atoms with Gasteiger partial charge in [-0.3, -0.25) is 9.78 Å². The highest BCUT2D eigenvalue weighted by Gasteiger charge is 2.19. The summed E-state index contributed by atoms with van der Waals surface area (Å²) in [4.78, 5) is 28.3. The fourth-order valence-electron chi connectivity index (χ4n) is 2.15. The summed E-state index contributed by atoms with van der Waals surface area (Å²) in [5, 5.41) is 2.72. The van der Waals surface area contributed by atoms with Crippen molar-refractivity contribution in [2.24, 2.45) is 0 Å². The van der Waals surface area contributed by atoms with Crippen LogP contribution >= 0.6 is 7.92 Å². The van der Waals surface area contributed by atoms with E-state index in [1.54, 1.807) is 0 Å². The molecule has 4 nitrogen and oxygen atoms in total. The number of hydrogen-bond acceptors (Lipinski definition) is 2. The van der Waals surface area contributed by atoms with Gasteiger partial charge in [-0.1, -0.05) is 60.7 Å². The number of hydrogen-bond donors (Lipinski definition) is 2. The molecule has 21 heavy (non-hydrogen) atoms. The van der Waals surface area contributed by atoms with Gasteiger partial charge in [-0.05, 0) is 18.5 Å². The zero-order valence-electron chi connectivity index (χ0n) is 11.1. The van der Waals surface area contributed by atoms with Crippen LogP contribution in [0, 0.1) is 0 Å². The van der Waals surface area contributed by atoms with Gasteiger partial charge in [0.25, 0.3) is 5.56 Å². The van der Waals surface area contributed by atoms with Crippen molar-refractivity contribution in [1.29, 1.82) is 0 Å². The van der Waals surface area contributed by atoms with Crippen LogP contribution in [-0.2, 0) is 0 Å². The molecular formula is C16H13N2O2P. The molecule has 0 unspecified atom stereocenters. The van der Waals surface area contributed by atoms with Crippen LogP contribution in [0.15, 0.2) is 76.4 Å². The highest BCUT2D eigenvalue weighted by Crippen LogP contribution is 2.30. The number of H-pyrrole nitrogens is 2. The summed E-state index contributed by atoms with van der Waals surface area (Å²) < 4.78 is 0. The number of aromatic nitrogens is 2. The van der Waals surface area contributed by atoms with Crippen molar-refractivity contribution in [2.75, 3.05) is 0 Å². The van der Waals surface area contributed by atoms with Crippen molar-refractivity contribution in [3.05, 3.63) is 87.7 Å². The van der Waals surface area contributed by atoms with Gasteiger partial charge in [0.2, 0.25) is 0 Å². The van der Waals surface area contributed by atoms with E-state index in [0.717, 1.165) is 10.6 Å². The molecule has 0 aliphatic carbocycles. The minimum atomic E-state index is -0.993. The van der Waals surface area contributed by atoms with Gasteiger partial charge in [-0.2, -0.15) is 0 Å². The molecule has 0 amide bonds. The third-order valence-electron chi connectivity index (χ3n) is 3.07. The molecule has 3 rings (SSSR count). The van der Waals surface area contributed by atoms with E-state index in [2.05, 4.69) is 9.97 Å². The fourth-order valence-corrected chi connectivity index (χ4v) is 4.40. The zero-order valence-corrected chi connectivity index (χ0v) is 12.0. The summed E-state index contributed by atoms with van der Waals surface area (Å²) in [7, 11) is -0.993. The molecule has 3 aromatic rings. The Morgan fingerprint density at radius 1 is 0.762 bits per heavy atom. The van der Waals surface area contributed by atoms with Crippen molar-refractivity contribution in [1.82, 2.24) is 9.97 Å². The third kappa shape index (κ3) is 2.86. The quantitative estimate of drug-likeness (QED) is 0.703. The monoisotopic (exact) mass is 296 g/mol. The molecule has 1 heterocycles. The summed E-state index contributed by atoms with van der Waals surface area (Å²) in [6.45, 7) is 0. The maximum atomic E-state index is 12.2. The average molecular weight is 296 g/mol. The van der Waals surface area contributed by atoms with Gasteiger partial charge in [0.15, 0.2) is 0 Å². The van der Waals surface area contributed by atoms with Crippen molar-refractivity contribution in [3.8, 4) is 0 Å². The Kier molecular flexibility index (Phi) is 3.80. The lowest BCUT2D eigenvalue weighted by Gasteiger charge is -2.17. The highest BCUT2D eigenvalue weighted by atomic mass is 31.1. The second-order valence-corrected chi connectivity index (χ2v) is 6.65. The molecule has 0 saturated heterocycles. The molecule has 0 spiro atoms. The topological polar surface area (TPSA) is 65.7 Å². The van der Waals surface area contributed by atoms with Crippen molar-refractivity contribution in [3.63, 3.8) is 0 Å². The number of aromatic amines is 2. The Morgan fingerprint density at radius 3 is 1.76 bits per heavy atom. The van der Waals surface area contributed by atoms with Gasteiger partial charge in [0.05, 0.1) is 5.30 Å². The normalized spacial score (nSPS) is 10.7. The van der Waals surface area contributed by atoms with Gasteiger partial charge < -0.3 is 4.98 Å². The van der Waals surface area contributed by atoms with Crippen LogP contribution in [-0.4, -0.2) is 9.97 Å². The Hall–Kier alpha value is -2.45. The fraction of sp³-hybridized carbons (Fsp3) is 0. The van der Waals surface area contributed by atoms with Gasteiger partial charge >= 0.3 is 5.69 Å². The molecule has 0 aliphatic rings. The first-order chi connectivity index (χ1) is 10.3. The van der Waals surface area contributed by atoms with Crippen molar-refractivity contribution in [2.45, 2.75) is 0 Å². The second-order valence-electron chi connectivity index (χ2n) is 4.46. The van der Waals surface area contributed by atoms with E-state index >= 15 is 0 Å². The maximum Gasteiger partial charge on any atom is 0.325 e. The van der Waals surface area contributed by atoms with E-state index in [9.17, 15) is 9.59 Å². The standard InChI is InChI=1S/C16H13N2O2P/c19-15-14(11-17-16(20)18-15)21(12-7-3-1-4-8-12)13-9-5-2-6-10-13/h1-11H,(H2,17,18,19,20). The van der Waals surface area contributed by atoms with E-state index in [1.807, 2.05) is 60.7 Å². The number of rotatable bonds is 3. The van der Waals surface area contributed by atoms with Crippen LogP contribution in [0.5, 0.6) is 0 Å². The lowest BCUT2D eigenvalue weighted by atomic mass is 10.4. The zero-order chi connectivity index (χ0) is 14.7. The Labute approximate surface area is 122 Å². The summed E-state index contributed by atoms with van der Waals surface area (Å²) in [6, 6.07) is 19.7. The van der Waals surface area contributed by atoms with E-state index in [0.29, 0.717) is 5.30 Å². The van der Waals surface area contributed by atoms with Crippen LogP contribution in [0.2, 0.25) is 0 Å². The predicted octanol–water partition coefficient (Wildman–Crippen LogP) is 0.821.